The second-order valence-corrected chi connectivity index (χ2v) is 17.6. The number of ketones is 1. The summed E-state index contributed by atoms with van der Waals surface area (Å²) in [5.74, 6) is 0.367. The minimum absolute atomic E-state index is 0.0714. The standard InChI is InChI=1S/C31H56N4O4S.C4H7NO.C3H8.C2H2.CH4O/c1-10-11-15-23(22(3)36)32-26(37)24-18-21(2)19-35(24)27(38)25(29(4,5)6)33-28(39)34-31(16-13-12-14-17-31)20-40-30(7,8)9;1-2-3-5-4-6;1-3-2;2*1-2/h21,23-25H,10-20H2,1-9H3,(H,32,37)(H2,33,34,39);2,4H,1,3H2,(H,5,6);3H2,1-2H3;1-2H;2H,1H3/t21-,23?,24?,25?;;;;/m1..../s1. The number of nitrogens with zero attached hydrogens (tertiary/aromatic N) is 1. The molecule has 0 aromatic heterocycles. The van der Waals surface area contributed by atoms with Crippen LogP contribution in [0.15, 0.2) is 12.7 Å². The lowest BCUT2D eigenvalue weighted by atomic mass is 9.83. The highest BCUT2D eigenvalue weighted by molar-refractivity contribution is 8.00. The Morgan fingerprint density at radius 2 is 1.55 bits per heavy atom. The molecule has 2 aliphatic rings. The number of hydrogen-bond donors (Lipinski definition) is 5. The number of amides is 5. The number of aliphatic hydroxyl groups excluding tert-OH is 1. The van der Waals surface area contributed by atoms with Crippen molar-refractivity contribution >= 4 is 41.8 Å². The number of carbonyl (C=O) groups is 5. The van der Waals surface area contributed by atoms with Crippen LogP contribution in [0.5, 0.6) is 0 Å². The molecule has 53 heavy (non-hydrogen) atoms. The van der Waals surface area contributed by atoms with Gasteiger partial charge in [-0.2, -0.15) is 11.8 Å². The van der Waals surface area contributed by atoms with Gasteiger partial charge in [-0.25, -0.2) is 4.79 Å². The SMILES string of the molecule is C#C.C=CCNC=O.CCC.CCCCC(NC(=O)C1C[C@@H](C)CN1C(=O)C(NC(=O)NC1(CSC(C)(C)C)CCCCC1)C(C)(C)C)C(C)=O.CO. The minimum Gasteiger partial charge on any atom is -0.400 e. The van der Waals surface area contributed by atoms with Gasteiger partial charge in [0.25, 0.3) is 0 Å². The zero-order valence-electron chi connectivity index (χ0n) is 35.4. The molecule has 2 rings (SSSR count). The van der Waals surface area contributed by atoms with Crippen LogP contribution in [-0.4, -0.2) is 94.4 Å². The highest BCUT2D eigenvalue weighted by Crippen LogP contribution is 2.36. The third-order valence-electron chi connectivity index (χ3n) is 8.45. The molecular formula is C41H77N5O6S. The molecule has 11 nitrogen and oxygen atoms in total. The number of carbonyl (C=O) groups excluding carboxylic acids is 5. The van der Waals surface area contributed by atoms with Gasteiger partial charge in [0, 0.05) is 30.7 Å². The van der Waals surface area contributed by atoms with Crippen molar-refractivity contribution in [3.8, 4) is 12.8 Å². The number of urea groups is 1. The molecule has 12 heteroatoms. The lowest BCUT2D eigenvalue weighted by Gasteiger charge is -2.41. The van der Waals surface area contributed by atoms with Crippen LogP contribution in [0.4, 0.5) is 4.79 Å². The first-order chi connectivity index (χ1) is 24.8. The van der Waals surface area contributed by atoms with E-state index in [-0.39, 0.29) is 39.8 Å². The molecule has 5 amide bonds. The van der Waals surface area contributed by atoms with Crippen LogP contribution in [0.3, 0.4) is 0 Å². The normalized spacial score (nSPS) is 18.4. The number of hydrogen-bond acceptors (Lipinski definition) is 7. The number of unbranched alkanes of at least 4 members (excludes halogenated alkanes) is 1. The van der Waals surface area contributed by atoms with Gasteiger partial charge in [-0.1, -0.05) is 114 Å². The van der Waals surface area contributed by atoms with Gasteiger partial charge in [0.1, 0.15) is 12.1 Å². The molecule has 2 fully saturated rings. The molecule has 0 aromatic rings. The number of terminal acetylenes is 1. The van der Waals surface area contributed by atoms with Crippen LogP contribution in [0, 0.1) is 24.2 Å². The molecule has 0 spiro atoms. The van der Waals surface area contributed by atoms with E-state index in [9.17, 15) is 24.0 Å². The Morgan fingerprint density at radius 3 is 1.96 bits per heavy atom. The number of aliphatic hydroxyl groups is 1. The number of rotatable bonds is 14. The fourth-order valence-corrected chi connectivity index (χ4v) is 6.90. The topological polar surface area (TPSA) is 157 Å². The molecule has 5 N–H and O–H groups in total. The lowest BCUT2D eigenvalue weighted by molar-refractivity contribution is -0.142. The highest BCUT2D eigenvalue weighted by Gasteiger charge is 2.45. The number of Topliss-reactive ketones (excluding diaryl/α,β-unsaturated/α-hetero) is 1. The van der Waals surface area contributed by atoms with Crippen molar-refractivity contribution in [2.24, 2.45) is 11.3 Å². The summed E-state index contributed by atoms with van der Waals surface area (Å²) in [6.45, 7) is 26.6. The van der Waals surface area contributed by atoms with Crippen LogP contribution in [0.2, 0.25) is 0 Å². The van der Waals surface area contributed by atoms with E-state index in [0.29, 0.717) is 32.3 Å². The Balaban J connectivity index is -0.00000167. The molecule has 0 radical (unpaired) electrons. The molecule has 1 aliphatic carbocycles. The maximum atomic E-state index is 14.0. The van der Waals surface area contributed by atoms with Crippen molar-refractivity contribution in [2.45, 2.75) is 169 Å². The molecule has 308 valence electrons. The Bertz CT molecular complexity index is 1070. The van der Waals surface area contributed by atoms with Crippen LogP contribution >= 0.6 is 11.8 Å². The van der Waals surface area contributed by atoms with Crippen LogP contribution in [0.25, 0.3) is 0 Å². The van der Waals surface area contributed by atoms with Gasteiger partial charge in [0.2, 0.25) is 18.2 Å². The molecule has 3 unspecified atom stereocenters. The van der Waals surface area contributed by atoms with Crippen LogP contribution < -0.4 is 21.3 Å². The first-order valence-corrected chi connectivity index (χ1v) is 20.2. The molecular weight excluding hydrogens is 691 g/mol. The third kappa shape index (κ3) is 23.4. The summed E-state index contributed by atoms with van der Waals surface area (Å²) in [5.41, 5.74) is -0.860. The largest absolute Gasteiger partial charge is 0.400 e. The Labute approximate surface area is 327 Å². The van der Waals surface area contributed by atoms with Crippen molar-refractivity contribution in [1.29, 1.82) is 0 Å². The van der Waals surface area contributed by atoms with Gasteiger partial charge in [-0.3, -0.25) is 19.2 Å². The number of likely N-dealkylation sites (tertiary alicyclic amines) is 1. The molecule has 1 saturated carbocycles. The predicted molar refractivity (Wildman–Crippen MR) is 223 cm³/mol. The average Bonchev–Trinajstić information content (AvgIpc) is 3.50. The van der Waals surface area contributed by atoms with Crippen LogP contribution in [0.1, 0.15) is 140 Å². The second-order valence-electron chi connectivity index (χ2n) is 15.8. The zero-order valence-corrected chi connectivity index (χ0v) is 36.2. The van der Waals surface area contributed by atoms with Crippen molar-refractivity contribution < 1.29 is 29.1 Å². The van der Waals surface area contributed by atoms with Gasteiger partial charge in [0.15, 0.2) is 5.78 Å². The van der Waals surface area contributed by atoms with Crippen molar-refractivity contribution in [3.63, 3.8) is 0 Å². The minimum atomic E-state index is -0.798. The maximum absolute atomic E-state index is 14.0. The molecule has 4 atom stereocenters. The van der Waals surface area contributed by atoms with E-state index < -0.39 is 23.5 Å². The van der Waals surface area contributed by atoms with Gasteiger partial charge in [0.05, 0.1) is 11.6 Å². The summed E-state index contributed by atoms with van der Waals surface area (Å²) >= 11 is 1.86. The second kappa shape index (κ2) is 29.3. The maximum Gasteiger partial charge on any atom is 0.315 e. The summed E-state index contributed by atoms with van der Waals surface area (Å²) < 4.78 is 0.0898. The van der Waals surface area contributed by atoms with E-state index in [2.05, 4.69) is 75.3 Å². The molecule has 1 heterocycles. The predicted octanol–water partition coefficient (Wildman–Crippen LogP) is 6.63. The highest BCUT2D eigenvalue weighted by atomic mass is 32.2. The van der Waals surface area contributed by atoms with E-state index in [1.807, 2.05) is 46.4 Å². The third-order valence-corrected chi connectivity index (χ3v) is 10.0. The van der Waals surface area contributed by atoms with E-state index in [4.69, 9.17) is 5.11 Å². The quantitative estimate of drug-likeness (QED) is 0.0575. The van der Waals surface area contributed by atoms with Gasteiger partial charge >= 0.3 is 6.03 Å². The Morgan fingerprint density at radius 1 is 1.00 bits per heavy atom. The summed E-state index contributed by atoms with van der Waals surface area (Å²) in [6, 6.07) is -2.32. The lowest BCUT2D eigenvalue weighted by Crippen LogP contribution is -2.62. The zero-order chi connectivity index (χ0) is 41.8. The molecule has 1 saturated heterocycles. The van der Waals surface area contributed by atoms with Crippen LogP contribution in [-0.2, 0) is 19.2 Å². The van der Waals surface area contributed by atoms with Crippen molar-refractivity contribution in [3.05, 3.63) is 12.7 Å². The van der Waals surface area contributed by atoms with E-state index in [0.717, 1.165) is 51.4 Å². The monoisotopic (exact) mass is 768 g/mol. The summed E-state index contributed by atoms with van der Waals surface area (Å²) in [5, 5.41) is 18.6. The fraction of sp³-hybridized carbons (Fsp3) is 0.780. The van der Waals surface area contributed by atoms with E-state index >= 15 is 0 Å². The van der Waals surface area contributed by atoms with E-state index in [1.54, 1.807) is 11.0 Å². The number of thioether (sulfide) groups is 1. The summed E-state index contributed by atoms with van der Waals surface area (Å²) in [7, 11) is 1.00. The Kier molecular flexibility index (Phi) is 30.1. The molecule has 0 aromatic carbocycles. The summed E-state index contributed by atoms with van der Waals surface area (Å²) in [4.78, 5) is 64.1. The van der Waals surface area contributed by atoms with Crippen molar-refractivity contribution in [1.82, 2.24) is 26.2 Å². The Hall–Kier alpha value is -3.04. The summed E-state index contributed by atoms with van der Waals surface area (Å²) in [6.07, 6.45) is 19.6. The fourth-order valence-electron chi connectivity index (χ4n) is 5.83. The molecule has 1 aliphatic heterocycles. The van der Waals surface area contributed by atoms with Gasteiger partial charge in [-0.15, -0.1) is 19.4 Å². The van der Waals surface area contributed by atoms with E-state index in [1.165, 1.54) is 19.8 Å². The molecule has 0 bridgehead atoms. The van der Waals surface area contributed by atoms with Crippen molar-refractivity contribution in [2.75, 3.05) is 26.0 Å². The smallest absolute Gasteiger partial charge is 0.315 e. The van der Waals surface area contributed by atoms with Gasteiger partial charge in [-0.05, 0) is 43.9 Å². The average molecular weight is 768 g/mol. The first-order valence-electron chi connectivity index (χ1n) is 19.2. The van der Waals surface area contributed by atoms with Gasteiger partial charge < -0.3 is 31.3 Å². The first kappa shape index (κ1) is 54.3. The number of nitrogens with one attached hydrogen (secondary N) is 4.